The highest BCUT2D eigenvalue weighted by Gasteiger charge is 2.08. The Morgan fingerprint density at radius 1 is 1.26 bits per heavy atom. The van der Waals surface area contributed by atoms with Crippen LogP contribution in [0, 0.1) is 20.8 Å². The zero-order valence-corrected chi connectivity index (χ0v) is 12.7. The number of hydrogen-bond acceptors (Lipinski definition) is 4. The predicted molar refractivity (Wildman–Crippen MR) is 79.9 cm³/mol. The normalized spacial score (nSPS) is 10.7. The van der Waals surface area contributed by atoms with Gasteiger partial charge in [0.1, 0.15) is 17.4 Å². The van der Waals surface area contributed by atoms with Crippen molar-refractivity contribution < 1.29 is 4.74 Å². The highest BCUT2D eigenvalue weighted by atomic mass is 32.1. The molecule has 1 aromatic heterocycles. The Balaban J connectivity index is 2.04. The number of ether oxygens (including phenoxy) is 1. The Morgan fingerprint density at radius 2 is 2.05 bits per heavy atom. The summed E-state index contributed by atoms with van der Waals surface area (Å²) < 4.78 is 5.85. The van der Waals surface area contributed by atoms with Gasteiger partial charge in [-0.25, -0.2) is 4.98 Å². The molecule has 2 aromatic rings. The van der Waals surface area contributed by atoms with Crippen molar-refractivity contribution in [3.63, 3.8) is 0 Å². The van der Waals surface area contributed by atoms with Crippen LogP contribution in [0.3, 0.4) is 0 Å². The van der Waals surface area contributed by atoms with Crippen LogP contribution in [0.2, 0.25) is 0 Å². The van der Waals surface area contributed by atoms with Gasteiger partial charge in [0, 0.05) is 11.4 Å². The first-order valence-corrected chi connectivity index (χ1v) is 7.21. The Kier molecular flexibility index (Phi) is 4.56. The van der Waals surface area contributed by atoms with Crippen LogP contribution < -0.4 is 10.1 Å². The van der Waals surface area contributed by atoms with Crippen LogP contribution in [-0.4, -0.2) is 12.0 Å². The molecule has 0 aliphatic rings. The molecule has 0 saturated carbocycles. The Bertz CT molecular complexity index is 563. The molecule has 0 saturated heterocycles. The van der Waals surface area contributed by atoms with E-state index >= 15 is 0 Å². The van der Waals surface area contributed by atoms with Gasteiger partial charge in [0.25, 0.3) is 0 Å². The van der Waals surface area contributed by atoms with Crippen molar-refractivity contribution in [1.29, 1.82) is 0 Å². The van der Waals surface area contributed by atoms with Crippen molar-refractivity contribution >= 4 is 11.3 Å². The van der Waals surface area contributed by atoms with Crippen LogP contribution >= 0.6 is 11.3 Å². The topological polar surface area (TPSA) is 34.1 Å². The van der Waals surface area contributed by atoms with Gasteiger partial charge in [-0.15, -0.1) is 11.3 Å². The summed E-state index contributed by atoms with van der Waals surface area (Å²) in [4.78, 5) is 5.82. The zero-order chi connectivity index (χ0) is 13.8. The maximum Gasteiger partial charge on any atom is 0.140 e. The van der Waals surface area contributed by atoms with E-state index in [2.05, 4.69) is 36.3 Å². The van der Waals surface area contributed by atoms with Crippen molar-refractivity contribution in [1.82, 2.24) is 10.3 Å². The Labute approximate surface area is 118 Å². The number of hydrogen-bond donors (Lipinski definition) is 1. The van der Waals surface area contributed by atoms with Crippen LogP contribution in [0.25, 0.3) is 0 Å². The third-order valence-electron chi connectivity index (χ3n) is 2.96. The van der Waals surface area contributed by atoms with Gasteiger partial charge in [-0.1, -0.05) is 17.7 Å². The van der Waals surface area contributed by atoms with E-state index in [9.17, 15) is 0 Å². The molecule has 0 fully saturated rings. The molecule has 1 aromatic carbocycles. The number of thiazole rings is 1. The van der Waals surface area contributed by atoms with Gasteiger partial charge in [0.05, 0.1) is 5.69 Å². The third kappa shape index (κ3) is 3.55. The maximum atomic E-state index is 5.85. The molecule has 0 bridgehead atoms. The molecular weight excluding hydrogens is 256 g/mol. The van der Waals surface area contributed by atoms with Gasteiger partial charge in [0.15, 0.2) is 0 Å². The molecule has 0 spiro atoms. The average Bonchev–Trinajstić information content (AvgIpc) is 2.70. The first-order valence-electron chi connectivity index (χ1n) is 6.40. The number of nitrogens with one attached hydrogen (secondary N) is 1. The van der Waals surface area contributed by atoms with E-state index in [4.69, 9.17) is 4.74 Å². The minimum Gasteiger partial charge on any atom is -0.486 e. The molecule has 1 heterocycles. The predicted octanol–water partition coefficient (Wildman–Crippen LogP) is 3.37. The fourth-order valence-electron chi connectivity index (χ4n) is 1.98. The summed E-state index contributed by atoms with van der Waals surface area (Å²) in [7, 11) is 1.95. The van der Waals surface area contributed by atoms with Gasteiger partial charge >= 0.3 is 0 Å². The molecule has 3 nitrogen and oxygen atoms in total. The second-order valence-corrected chi connectivity index (χ2v) is 5.87. The van der Waals surface area contributed by atoms with Crippen LogP contribution in [0.4, 0.5) is 0 Å². The Morgan fingerprint density at radius 3 is 2.74 bits per heavy atom. The van der Waals surface area contributed by atoms with E-state index in [0.717, 1.165) is 23.0 Å². The first-order chi connectivity index (χ1) is 9.10. The van der Waals surface area contributed by atoms with E-state index < -0.39 is 0 Å². The monoisotopic (exact) mass is 276 g/mol. The minimum atomic E-state index is 0.541. The first kappa shape index (κ1) is 14.0. The van der Waals surface area contributed by atoms with Crippen LogP contribution in [-0.2, 0) is 13.2 Å². The molecule has 0 aliphatic carbocycles. The molecule has 19 heavy (non-hydrogen) atoms. The fourth-order valence-corrected chi connectivity index (χ4v) is 2.97. The highest BCUT2D eigenvalue weighted by molar-refractivity contribution is 7.11. The molecule has 0 amide bonds. The lowest BCUT2D eigenvalue weighted by Gasteiger charge is -2.08. The molecule has 0 aliphatic heterocycles. The SMILES string of the molecule is CNCc1sc(COc2ccc(C)cc2C)nc1C. The quantitative estimate of drug-likeness (QED) is 0.909. The summed E-state index contributed by atoms with van der Waals surface area (Å²) in [6.07, 6.45) is 0. The molecule has 0 unspecified atom stereocenters. The maximum absolute atomic E-state index is 5.85. The van der Waals surface area contributed by atoms with Gasteiger partial charge in [-0.05, 0) is 39.4 Å². The lowest BCUT2D eigenvalue weighted by Crippen LogP contribution is -2.04. The summed E-state index contributed by atoms with van der Waals surface area (Å²) >= 11 is 1.71. The molecule has 102 valence electrons. The lowest BCUT2D eigenvalue weighted by molar-refractivity contribution is 0.303. The third-order valence-corrected chi connectivity index (χ3v) is 4.09. The Hall–Kier alpha value is -1.39. The summed E-state index contributed by atoms with van der Waals surface area (Å²) in [6, 6.07) is 6.23. The molecule has 0 atom stereocenters. The number of rotatable bonds is 5. The number of benzene rings is 1. The molecule has 2 rings (SSSR count). The van der Waals surface area contributed by atoms with E-state index in [1.165, 1.54) is 16.0 Å². The largest absolute Gasteiger partial charge is 0.486 e. The summed E-state index contributed by atoms with van der Waals surface area (Å²) in [6.45, 7) is 7.61. The van der Waals surface area contributed by atoms with Crippen LogP contribution in [0.15, 0.2) is 18.2 Å². The van der Waals surface area contributed by atoms with E-state index in [1.807, 2.05) is 20.0 Å². The van der Waals surface area contributed by atoms with Crippen molar-refractivity contribution in [2.75, 3.05) is 7.05 Å². The van der Waals surface area contributed by atoms with Gasteiger partial charge in [-0.3, -0.25) is 0 Å². The van der Waals surface area contributed by atoms with Crippen LogP contribution in [0.5, 0.6) is 5.75 Å². The lowest BCUT2D eigenvalue weighted by atomic mass is 10.1. The van der Waals surface area contributed by atoms with Crippen LogP contribution in [0.1, 0.15) is 26.7 Å². The molecule has 4 heteroatoms. The standard InChI is InChI=1S/C15H20N2OS/c1-10-5-6-13(11(2)7-10)18-9-15-17-12(3)14(19-15)8-16-4/h5-7,16H,8-9H2,1-4H3. The smallest absolute Gasteiger partial charge is 0.140 e. The molecule has 1 N–H and O–H groups in total. The molecular formula is C15H20N2OS. The van der Waals surface area contributed by atoms with Gasteiger partial charge < -0.3 is 10.1 Å². The summed E-state index contributed by atoms with van der Waals surface area (Å²) in [5.41, 5.74) is 3.52. The highest BCUT2D eigenvalue weighted by Crippen LogP contribution is 2.22. The second kappa shape index (κ2) is 6.17. The van der Waals surface area contributed by atoms with Gasteiger partial charge in [-0.2, -0.15) is 0 Å². The van der Waals surface area contributed by atoms with E-state index in [0.29, 0.717) is 6.61 Å². The van der Waals surface area contributed by atoms with E-state index in [1.54, 1.807) is 11.3 Å². The minimum absolute atomic E-state index is 0.541. The fraction of sp³-hybridized carbons (Fsp3) is 0.400. The second-order valence-electron chi connectivity index (χ2n) is 4.70. The van der Waals surface area contributed by atoms with Crippen molar-refractivity contribution in [3.8, 4) is 5.75 Å². The number of nitrogens with zero attached hydrogens (tertiary/aromatic N) is 1. The number of aryl methyl sites for hydroxylation is 3. The molecule has 0 radical (unpaired) electrons. The summed E-state index contributed by atoms with van der Waals surface area (Å²) in [5, 5.41) is 4.19. The van der Waals surface area contributed by atoms with E-state index in [-0.39, 0.29) is 0 Å². The van der Waals surface area contributed by atoms with Crippen molar-refractivity contribution in [2.24, 2.45) is 0 Å². The zero-order valence-electron chi connectivity index (χ0n) is 11.9. The summed E-state index contributed by atoms with van der Waals surface area (Å²) in [5.74, 6) is 0.939. The average molecular weight is 276 g/mol. The van der Waals surface area contributed by atoms with Gasteiger partial charge in [0.2, 0.25) is 0 Å². The van der Waals surface area contributed by atoms with Crippen molar-refractivity contribution in [2.45, 2.75) is 33.9 Å². The number of aromatic nitrogens is 1. The van der Waals surface area contributed by atoms with Crippen molar-refractivity contribution in [3.05, 3.63) is 44.9 Å².